The molecule has 0 saturated carbocycles. The molecule has 94 valence electrons. The molecule has 0 spiro atoms. The first-order valence-electron chi connectivity index (χ1n) is 5.74. The molecular weight excluding hydrogens is 250 g/mol. The number of aromatic nitrogens is 2. The smallest absolute Gasteiger partial charge is 0.254 e. The molecule has 2 rings (SSSR count). The maximum Gasteiger partial charge on any atom is 0.254 e. The molecule has 2 aromatic rings. The van der Waals surface area contributed by atoms with E-state index in [1.54, 1.807) is 17.1 Å². The Morgan fingerprint density at radius 2 is 2.22 bits per heavy atom. The van der Waals surface area contributed by atoms with Gasteiger partial charge < -0.3 is 5.32 Å². The van der Waals surface area contributed by atoms with E-state index < -0.39 is 0 Å². The summed E-state index contributed by atoms with van der Waals surface area (Å²) in [4.78, 5) is 11.6. The lowest BCUT2D eigenvalue weighted by Crippen LogP contribution is -2.22. The lowest BCUT2D eigenvalue weighted by molar-refractivity contribution is 0.0955. The minimum Gasteiger partial charge on any atom is -0.352 e. The number of amides is 1. The van der Waals surface area contributed by atoms with Crippen LogP contribution in [0.25, 0.3) is 0 Å². The van der Waals surface area contributed by atoms with E-state index in [9.17, 15) is 4.79 Å². The molecule has 0 fully saturated rings. The quantitative estimate of drug-likeness (QED) is 0.920. The number of nitrogens with one attached hydrogen (secondary N) is 1. The highest BCUT2D eigenvalue weighted by Crippen LogP contribution is 2.16. The van der Waals surface area contributed by atoms with E-state index in [2.05, 4.69) is 10.4 Å². The average Bonchev–Trinajstić information content (AvgIpc) is 2.81. The van der Waals surface area contributed by atoms with Gasteiger partial charge in [0, 0.05) is 17.8 Å². The third-order valence-corrected chi connectivity index (χ3v) is 2.89. The maximum absolute atomic E-state index is 11.6. The molecular formula is C13H14ClN3O. The van der Waals surface area contributed by atoms with Crippen LogP contribution < -0.4 is 5.32 Å². The van der Waals surface area contributed by atoms with Gasteiger partial charge in [0.05, 0.1) is 18.3 Å². The van der Waals surface area contributed by atoms with Crippen LogP contribution in [0.5, 0.6) is 0 Å². The number of carbonyl (C=O) groups excluding carboxylic acids is 1. The Morgan fingerprint density at radius 3 is 2.94 bits per heavy atom. The van der Waals surface area contributed by atoms with Gasteiger partial charge in [-0.3, -0.25) is 9.48 Å². The van der Waals surface area contributed by atoms with Crippen molar-refractivity contribution < 1.29 is 4.79 Å². The molecule has 1 heterocycles. The van der Waals surface area contributed by atoms with Crippen LogP contribution in [0.3, 0.4) is 0 Å². The van der Waals surface area contributed by atoms with Gasteiger partial charge in [0.2, 0.25) is 0 Å². The van der Waals surface area contributed by atoms with E-state index in [4.69, 9.17) is 11.6 Å². The van der Waals surface area contributed by atoms with E-state index in [-0.39, 0.29) is 5.91 Å². The first-order chi connectivity index (χ1) is 8.70. The maximum atomic E-state index is 11.6. The van der Waals surface area contributed by atoms with Crippen molar-refractivity contribution in [1.29, 1.82) is 0 Å². The first-order valence-corrected chi connectivity index (χ1v) is 6.12. The highest BCUT2D eigenvalue weighted by molar-refractivity contribution is 6.31. The fourth-order valence-electron chi connectivity index (χ4n) is 1.63. The summed E-state index contributed by atoms with van der Waals surface area (Å²) >= 11 is 6.07. The molecule has 18 heavy (non-hydrogen) atoms. The van der Waals surface area contributed by atoms with E-state index >= 15 is 0 Å². The van der Waals surface area contributed by atoms with E-state index in [0.717, 1.165) is 5.56 Å². The third kappa shape index (κ3) is 2.90. The van der Waals surface area contributed by atoms with Gasteiger partial charge in [0.15, 0.2) is 0 Å². The molecule has 0 aliphatic heterocycles. The second-order valence-electron chi connectivity index (χ2n) is 3.88. The molecule has 0 saturated heterocycles. The minimum absolute atomic E-state index is 0.108. The largest absolute Gasteiger partial charge is 0.352 e. The van der Waals surface area contributed by atoms with Crippen LogP contribution in [0.1, 0.15) is 22.8 Å². The normalized spacial score (nSPS) is 10.3. The lowest BCUT2D eigenvalue weighted by Gasteiger charge is -2.03. The van der Waals surface area contributed by atoms with Crippen molar-refractivity contribution in [3.05, 3.63) is 52.8 Å². The van der Waals surface area contributed by atoms with Crippen molar-refractivity contribution in [2.24, 2.45) is 0 Å². The second-order valence-corrected chi connectivity index (χ2v) is 4.28. The second kappa shape index (κ2) is 5.69. The summed E-state index contributed by atoms with van der Waals surface area (Å²) in [5.74, 6) is -0.108. The zero-order valence-electron chi connectivity index (χ0n) is 10.1. The van der Waals surface area contributed by atoms with E-state index in [1.807, 2.05) is 31.2 Å². The fraction of sp³-hybridized carbons (Fsp3) is 0.231. The average molecular weight is 264 g/mol. The Labute approximate surface area is 111 Å². The monoisotopic (exact) mass is 263 g/mol. The van der Waals surface area contributed by atoms with Gasteiger partial charge in [0.25, 0.3) is 5.91 Å². The molecule has 0 unspecified atom stereocenters. The van der Waals surface area contributed by atoms with Crippen molar-refractivity contribution in [2.75, 3.05) is 6.54 Å². The molecule has 1 aromatic heterocycles. The number of halogens is 1. The lowest BCUT2D eigenvalue weighted by atomic mass is 10.2. The van der Waals surface area contributed by atoms with Gasteiger partial charge in [-0.2, -0.15) is 5.10 Å². The predicted octanol–water partition coefficient (Wildman–Crippen LogP) is 2.33. The SMILES string of the molecule is CCNC(=O)c1cnn(Cc2ccccc2Cl)c1. The van der Waals surface area contributed by atoms with Crippen molar-refractivity contribution in [3.8, 4) is 0 Å². The van der Waals surface area contributed by atoms with Gasteiger partial charge in [-0.05, 0) is 18.6 Å². The van der Waals surface area contributed by atoms with Crippen LogP contribution in [0, 0.1) is 0 Å². The highest BCUT2D eigenvalue weighted by Gasteiger charge is 2.08. The molecule has 0 aliphatic carbocycles. The number of benzene rings is 1. The first kappa shape index (κ1) is 12.6. The molecule has 1 N–H and O–H groups in total. The van der Waals surface area contributed by atoms with Crippen LogP contribution in [0.2, 0.25) is 5.02 Å². The number of nitrogens with zero attached hydrogens (tertiary/aromatic N) is 2. The molecule has 0 bridgehead atoms. The zero-order chi connectivity index (χ0) is 13.0. The number of hydrogen-bond donors (Lipinski definition) is 1. The number of hydrogen-bond acceptors (Lipinski definition) is 2. The van der Waals surface area contributed by atoms with Gasteiger partial charge in [0.1, 0.15) is 0 Å². The number of rotatable bonds is 4. The molecule has 4 nitrogen and oxygen atoms in total. The summed E-state index contributed by atoms with van der Waals surface area (Å²) < 4.78 is 1.70. The Bertz CT molecular complexity index is 551. The van der Waals surface area contributed by atoms with Gasteiger partial charge in [-0.15, -0.1) is 0 Å². The summed E-state index contributed by atoms with van der Waals surface area (Å²) in [5, 5.41) is 7.59. The Balaban J connectivity index is 2.12. The van der Waals surface area contributed by atoms with Crippen LogP contribution in [-0.2, 0) is 6.54 Å². The molecule has 0 atom stereocenters. The Morgan fingerprint density at radius 1 is 1.44 bits per heavy atom. The topological polar surface area (TPSA) is 46.9 Å². The van der Waals surface area contributed by atoms with Crippen LogP contribution >= 0.6 is 11.6 Å². The number of carbonyl (C=O) groups is 1. The van der Waals surface area contributed by atoms with Crippen molar-refractivity contribution in [3.63, 3.8) is 0 Å². The fourth-order valence-corrected chi connectivity index (χ4v) is 1.83. The zero-order valence-corrected chi connectivity index (χ0v) is 10.8. The van der Waals surface area contributed by atoms with Crippen LogP contribution in [-0.4, -0.2) is 22.2 Å². The summed E-state index contributed by atoms with van der Waals surface area (Å²) in [6.45, 7) is 3.04. The Kier molecular flexibility index (Phi) is 3.99. The van der Waals surface area contributed by atoms with Crippen LogP contribution in [0.15, 0.2) is 36.7 Å². The van der Waals surface area contributed by atoms with Crippen molar-refractivity contribution in [2.45, 2.75) is 13.5 Å². The van der Waals surface area contributed by atoms with Crippen molar-refractivity contribution in [1.82, 2.24) is 15.1 Å². The van der Waals surface area contributed by atoms with Gasteiger partial charge >= 0.3 is 0 Å². The predicted molar refractivity (Wildman–Crippen MR) is 70.8 cm³/mol. The van der Waals surface area contributed by atoms with E-state index in [1.165, 1.54) is 0 Å². The minimum atomic E-state index is -0.108. The molecule has 1 amide bonds. The van der Waals surface area contributed by atoms with Crippen LogP contribution in [0.4, 0.5) is 0 Å². The summed E-state index contributed by atoms with van der Waals surface area (Å²) in [6.07, 6.45) is 3.27. The Hall–Kier alpha value is -1.81. The third-order valence-electron chi connectivity index (χ3n) is 2.52. The molecule has 1 aromatic carbocycles. The highest BCUT2D eigenvalue weighted by atomic mass is 35.5. The summed E-state index contributed by atoms with van der Waals surface area (Å²) in [7, 11) is 0. The van der Waals surface area contributed by atoms with E-state index in [0.29, 0.717) is 23.7 Å². The molecule has 5 heteroatoms. The van der Waals surface area contributed by atoms with Gasteiger partial charge in [-0.25, -0.2) is 0 Å². The van der Waals surface area contributed by atoms with Gasteiger partial charge in [-0.1, -0.05) is 29.8 Å². The van der Waals surface area contributed by atoms with Crippen molar-refractivity contribution >= 4 is 17.5 Å². The standard InChI is InChI=1S/C13H14ClN3O/c1-2-15-13(18)11-7-16-17(9-11)8-10-5-3-4-6-12(10)14/h3-7,9H,2,8H2,1H3,(H,15,18). The summed E-state index contributed by atoms with van der Waals surface area (Å²) in [6, 6.07) is 7.59. The summed E-state index contributed by atoms with van der Waals surface area (Å²) in [5.41, 5.74) is 1.54. The molecule has 0 aliphatic rings. The molecule has 0 radical (unpaired) electrons.